The van der Waals surface area contributed by atoms with E-state index in [1.54, 1.807) is 18.9 Å². The monoisotopic (exact) mass is 342 g/mol. The number of aliphatic hydroxyl groups is 2. The van der Waals surface area contributed by atoms with Gasteiger partial charge in [-0.25, -0.2) is 0 Å². The minimum atomic E-state index is -0.628. The van der Waals surface area contributed by atoms with Crippen molar-refractivity contribution < 1.29 is 15.0 Å². The molecule has 5 heteroatoms. The molecular formula is C20H26N2O3. The summed E-state index contributed by atoms with van der Waals surface area (Å²) in [6, 6.07) is 17.6. The van der Waals surface area contributed by atoms with Crippen LogP contribution in [0.4, 0.5) is 5.69 Å². The molecule has 2 aromatic rings. The largest absolute Gasteiger partial charge is 0.396 e. The molecule has 0 radical (unpaired) electrons. The Bertz CT molecular complexity index is 684. The van der Waals surface area contributed by atoms with Crippen molar-refractivity contribution in [3.8, 4) is 11.1 Å². The van der Waals surface area contributed by atoms with Gasteiger partial charge in [-0.05, 0) is 18.7 Å². The van der Waals surface area contributed by atoms with Crippen LogP contribution < -0.4 is 5.32 Å². The summed E-state index contributed by atoms with van der Waals surface area (Å²) >= 11 is 0. The average molecular weight is 342 g/mol. The highest BCUT2D eigenvalue weighted by atomic mass is 16.3. The van der Waals surface area contributed by atoms with Crippen molar-refractivity contribution in [2.45, 2.75) is 6.92 Å². The zero-order valence-corrected chi connectivity index (χ0v) is 14.8. The number of hydrogen-bond donors (Lipinski definition) is 3. The predicted molar refractivity (Wildman–Crippen MR) is 100 cm³/mol. The van der Waals surface area contributed by atoms with Crippen molar-refractivity contribution >= 4 is 11.6 Å². The molecule has 0 unspecified atom stereocenters. The highest BCUT2D eigenvalue weighted by Crippen LogP contribution is 2.27. The summed E-state index contributed by atoms with van der Waals surface area (Å²) in [7, 11) is 1.80. The summed E-state index contributed by atoms with van der Waals surface area (Å²) in [5, 5.41) is 21.7. The second-order valence-corrected chi connectivity index (χ2v) is 6.76. The molecule has 1 amide bonds. The van der Waals surface area contributed by atoms with Crippen LogP contribution in [0.1, 0.15) is 6.92 Å². The molecule has 0 fully saturated rings. The molecule has 0 aromatic heterocycles. The molecule has 0 spiro atoms. The summed E-state index contributed by atoms with van der Waals surface area (Å²) in [6.07, 6.45) is 0. The molecule has 0 atom stereocenters. The number of carbonyl (C=O) groups is 1. The first-order valence-corrected chi connectivity index (χ1v) is 8.32. The maximum absolute atomic E-state index is 12.4. The fraction of sp³-hybridized carbons (Fsp3) is 0.350. The van der Waals surface area contributed by atoms with Crippen LogP contribution in [0.15, 0.2) is 54.6 Å². The Morgan fingerprint density at radius 1 is 1.04 bits per heavy atom. The first kappa shape index (κ1) is 19.1. The number of rotatable bonds is 8. The molecule has 0 aliphatic heterocycles. The lowest BCUT2D eigenvalue weighted by molar-refractivity contribution is -0.117. The molecule has 0 aliphatic rings. The van der Waals surface area contributed by atoms with Gasteiger partial charge in [0.25, 0.3) is 0 Å². The summed E-state index contributed by atoms with van der Waals surface area (Å²) in [5.41, 5.74) is 2.14. The summed E-state index contributed by atoms with van der Waals surface area (Å²) in [5.74, 6) is -0.135. The topological polar surface area (TPSA) is 72.8 Å². The third-order valence-corrected chi connectivity index (χ3v) is 4.11. The van der Waals surface area contributed by atoms with E-state index in [1.165, 1.54) is 0 Å². The molecule has 0 saturated carbocycles. The Labute approximate surface area is 148 Å². The molecule has 2 rings (SSSR count). The standard InChI is InChI=1S/C20H26N2O3/c1-20(14-23,15-24)13-22(2)12-19(25)21-18-11-7-6-10-17(18)16-8-4-3-5-9-16/h3-11,23-24H,12-15H2,1-2H3,(H,21,25). The maximum atomic E-state index is 12.4. The smallest absolute Gasteiger partial charge is 0.238 e. The van der Waals surface area contributed by atoms with Crippen LogP contribution >= 0.6 is 0 Å². The number of anilines is 1. The molecule has 0 bridgehead atoms. The zero-order valence-electron chi connectivity index (χ0n) is 14.8. The minimum absolute atomic E-state index is 0.133. The van der Waals surface area contributed by atoms with E-state index in [-0.39, 0.29) is 25.7 Å². The molecule has 0 saturated heterocycles. The van der Waals surface area contributed by atoms with E-state index in [0.717, 1.165) is 16.8 Å². The number of nitrogens with zero attached hydrogens (tertiary/aromatic N) is 1. The fourth-order valence-corrected chi connectivity index (χ4v) is 2.75. The summed E-state index contributed by atoms with van der Waals surface area (Å²) in [4.78, 5) is 14.2. The molecule has 3 N–H and O–H groups in total. The van der Waals surface area contributed by atoms with Crippen LogP contribution in [-0.4, -0.2) is 54.4 Å². The van der Waals surface area contributed by atoms with Crippen LogP contribution in [0.25, 0.3) is 11.1 Å². The van der Waals surface area contributed by atoms with Gasteiger partial charge in [0, 0.05) is 23.2 Å². The Kier molecular flexibility index (Phi) is 6.70. The minimum Gasteiger partial charge on any atom is -0.396 e. The summed E-state index contributed by atoms with van der Waals surface area (Å²) < 4.78 is 0. The molecule has 134 valence electrons. The van der Waals surface area contributed by atoms with Crippen molar-refractivity contribution in [2.75, 3.05) is 38.7 Å². The maximum Gasteiger partial charge on any atom is 0.238 e. The predicted octanol–water partition coefficient (Wildman–Crippen LogP) is 2.21. The van der Waals surface area contributed by atoms with E-state index in [1.807, 2.05) is 54.6 Å². The lowest BCUT2D eigenvalue weighted by Crippen LogP contribution is -2.42. The molecule has 25 heavy (non-hydrogen) atoms. The average Bonchev–Trinajstić information content (AvgIpc) is 2.62. The van der Waals surface area contributed by atoms with Crippen molar-refractivity contribution in [2.24, 2.45) is 5.41 Å². The SMILES string of the molecule is CN(CC(=O)Nc1ccccc1-c1ccccc1)CC(C)(CO)CO. The molecular weight excluding hydrogens is 316 g/mol. The van der Waals surface area contributed by atoms with Crippen molar-refractivity contribution in [3.63, 3.8) is 0 Å². The molecule has 0 aliphatic carbocycles. The van der Waals surface area contributed by atoms with Gasteiger partial charge in [-0.3, -0.25) is 9.69 Å². The van der Waals surface area contributed by atoms with Crippen LogP contribution in [-0.2, 0) is 4.79 Å². The van der Waals surface area contributed by atoms with Gasteiger partial charge < -0.3 is 15.5 Å². The number of para-hydroxylation sites is 1. The van der Waals surface area contributed by atoms with Crippen LogP contribution in [0, 0.1) is 5.41 Å². The van der Waals surface area contributed by atoms with E-state index in [0.29, 0.717) is 6.54 Å². The van der Waals surface area contributed by atoms with Crippen molar-refractivity contribution in [1.29, 1.82) is 0 Å². The van der Waals surface area contributed by atoms with E-state index in [2.05, 4.69) is 5.32 Å². The number of carbonyl (C=O) groups excluding carboxylic acids is 1. The van der Waals surface area contributed by atoms with Crippen LogP contribution in [0.3, 0.4) is 0 Å². The Morgan fingerprint density at radius 3 is 2.28 bits per heavy atom. The zero-order chi connectivity index (χ0) is 18.3. The first-order chi connectivity index (χ1) is 12.0. The lowest BCUT2D eigenvalue weighted by atomic mass is 9.92. The van der Waals surface area contributed by atoms with Gasteiger partial charge >= 0.3 is 0 Å². The third-order valence-electron chi connectivity index (χ3n) is 4.11. The second-order valence-electron chi connectivity index (χ2n) is 6.76. The van der Waals surface area contributed by atoms with E-state index in [9.17, 15) is 15.0 Å². The quantitative estimate of drug-likeness (QED) is 0.688. The molecule has 0 heterocycles. The Hall–Kier alpha value is -2.21. The highest BCUT2D eigenvalue weighted by Gasteiger charge is 2.25. The van der Waals surface area contributed by atoms with E-state index in [4.69, 9.17) is 0 Å². The van der Waals surface area contributed by atoms with Gasteiger partial charge in [-0.1, -0.05) is 55.5 Å². The third kappa shape index (κ3) is 5.39. The van der Waals surface area contributed by atoms with E-state index < -0.39 is 5.41 Å². The fourth-order valence-electron chi connectivity index (χ4n) is 2.75. The number of amides is 1. The van der Waals surface area contributed by atoms with Gasteiger partial charge in [0.05, 0.1) is 19.8 Å². The van der Waals surface area contributed by atoms with Crippen LogP contribution in [0.2, 0.25) is 0 Å². The van der Waals surface area contributed by atoms with Crippen LogP contribution in [0.5, 0.6) is 0 Å². The van der Waals surface area contributed by atoms with Gasteiger partial charge in [0.2, 0.25) is 5.91 Å². The van der Waals surface area contributed by atoms with Crippen molar-refractivity contribution in [1.82, 2.24) is 4.90 Å². The van der Waals surface area contributed by atoms with Gasteiger partial charge in [-0.2, -0.15) is 0 Å². The number of benzene rings is 2. The Morgan fingerprint density at radius 2 is 1.64 bits per heavy atom. The van der Waals surface area contributed by atoms with E-state index >= 15 is 0 Å². The lowest BCUT2D eigenvalue weighted by Gasteiger charge is -2.30. The van der Waals surface area contributed by atoms with Gasteiger partial charge in [0.1, 0.15) is 0 Å². The number of nitrogens with one attached hydrogen (secondary N) is 1. The van der Waals surface area contributed by atoms with Gasteiger partial charge in [-0.15, -0.1) is 0 Å². The molecule has 2 aromatic carbocycles. The normalized spacial score (nSPS) is 11.6. The number of aliphatic hydroxyl groups excluding tert-OH is 2. The first-order valence-electron chi connectivity index (χ1n) is 8.32. The van der Waals surface area contributed by atoms with Gasteiger partial charge in [0.15, 0.2) is 0 Å². The van der Waals surface area contributed by atoms with Crippen molar-refractivity contribution in [3.05, 3.63) is 54.6 Å². The Balaban J connectivity index is 2.04. The second kappa shape index (κ2) is 8.76. The number of likely N-dealkylation sites (N-methyl/N-ethyl adjacent to an activating group) is 1. The summed E-state index contributed by atoms with van der Waals surface area (Å²) in [6.45, 7) is 2.12. The highest BCUT2D eigenvalue weighted by molar-refractivity contribution is 5.96. The molecule has 5 nitrogen and oxygen atoms in total. The number of hydrogen-bond acceptors (Lipinski definition) is 4.